The van der Waals surface area contributed by atoms with Gasteiger partial charge >= 0.3 is 6.18 Å². The first kappa shape index (κ1) is 20.1. The summed E-state index contributed by atoms with van der Waals surface area (Å²) in [6, 6.07) is 9.54. The third-order valence-electron chi connectivity index (χ3n) is 3.25. The lowest BCUT2D eigenvalue weighted by molar-refractivity contribution is -0.138. The number of hydrogen-bond acceptors (Lipinski definition) is 5. The van der Waals surface area contributed by atoms with Gasteiger partial charge in [-0.25, -0.2) is 4.98 Å². The molecule has 1 amide bonds. The fraction of sp³-hybridized carbons (Fsp3) is 0.235. The molecule has 0 bridgehead atoms. The van der Waals surface area contributed by atoms with Crippen LogP contribution < -0.4 is 5.32 Å². The SMILES string of the molecule is CSc1ccc(NC(=O)CSc2nc(C)cc(C(F)(F)F)c2C#N)cc1. The van der Waals surface area contributed by atoms with E-state index in [1.54, 1.807) is 30.0 Å². The molecule has 26 heavy (non-hydrogen) atoms. The van der Waals surface area contributed by atoms with E-state index in [2.05, 4.69) is 10.3 Å². The van der Waals surface area contributed by atoms with Crippen molar-refractivity contribution in [3.05, 3.63) is 47.2 Å². The van der Waals surface area contributed by atoms with Crippen LogP contribution in [0.1, 0.15) is 16.8 Å². The van der Waals surface area contributed by atoms with Gasteiger partial charge in [0.1, 0.15) is 11.1 Å². The van der Waals surface area contributed by atoms with Crippen molar-refractivity contribution in [3.63, 3.8) is 0 Å². The molecule has 136 valence electrons. The van der Waals surface area contributed by atoms with Gasteiger partial charge in [-0.1, -0.05) is 11.8 Å². The van der Waals surface area contributed by atoms with Crippen LogP contribution in [-0.4, -0.2) is 22.9 Å². The van der Waals surface area contributed by atoms with E-state index in [0.29, 0.717) is 5.69 Å². The predicted octanol–water partition coefficient (Wildman–Crippen LogP) is 4.73. The van der Waals surface area contributed by atoms with Gasteiger partial charge in [0, 0.05) is 16.3 Å². The Hall–Kier alpha value is -2.18. The fourth-order valence-electron chi connectivity index (χ4n) is 2.09. The summed E-state index contributed by atoms with van der Waals surface area (Å²) in [5, 5.41) is 11.7. The van der Waals surface area contributed by atoms with Crippen molar-refractivity contribution in [3.8, 4) is 6.07 Å². The Morgan fingerprint density at radius 3 is 2.50 bits per heavy atom. The molecule has 9 heteroatoms. The maximum atomic E-state index is 13.1. The molecule has 2 aromatic rings. The highest BCUT2D eigenvalue weighted by molar-refractivity contribution is 8.00. The van der Waals surface area contributed by atoms with E-state index < -0.39 is 23.2 Å². The van der Waals surface area contributed by atoms with Crippen molar-refractivity contribution in [2.45, 2.75) is 23.0 Å². The molecule has 4 nitrogen and oxygen atoms in total. The van der Waals surface area contributed by atoms with Crippen LogP contribution in [0.4, 0.5) is 18.9 Å². The molecule has 0 fully saturated rings. The van der Waals surface area contributed by atoms with Crippen LogP contribution in [0.3, 0.4) is 0 Å². The highest BCUT2D eigenvalue weighted by Gasteiger charge is 2.35. The molecule has 0 saturated carbocycles. The zero-order valence-corrected chi connectivity index (χ0v) is 15.5. The number of nitriles is 1. The number of hydrogen-bond donors (Lipinski definition) is 1. The van der Waals surface area contributed by atoms with Gasteiger partial charge in [-0.05, 0) is 43.5 Å². The standard InChI is InChI=1S/C17H14F3N3OS2/c1-10-7-14(17(18,19)20)13(8-21)16(22-10)26-9-15(24)23-11-3-5-12(25-2)6-4-11/h3-7H,9H2,1-2H3,(H,23,24). The lowest BCUT2D eigenvalue weighted by Gasteiger charge is -2.12. The molecule has 0 unspecified atom stereocenters. The third-order valence-corrected chi connectivity index (χ3v) is 4.96. The number of halogens is 3. The van der Waals surface area contributed by atoms with Crippen molar-refractivity contribution >= 4 is 35.1 Å². The Kier molecular flexibility index (Phi) is 6.56. The summed E-state index contributed by atoms with van der Waals surface area (Å²) in [6.07, 6.45) is -2.73. The monoisotopic (exact) mass is 397 g/mol. The number of carbonyl (C=O) groups is 1. The maximum Gasteiger partial charge on any atom is 0.417 e. The molecule has 1 aromatic carbocycles. The van der Waals surface area contributed by atoms with Crippen molar-refractivity contribution < 1.29 is 18.0 Å². The number of anilines is 1. The summed E-state index contributed by atoms with van der Waals surface area (Å²) in [6.45, 7) is 1.41. The second-order valence-corrected chi connectivity index (χ2v) is 7.01. The van der Waals surface area contributed by atoms with E-state index >= 15 is 0 Å². The fourth-order valence-corrected chi connectivity index (χ4v) is 3.34. The normalized spacial score (nSPS) is 11.1. The van der Waals surface area contributed by atoms with E-state index in [0.717, 1.165) is 22.7 Å². The van der Waals surface area contributed by atoms with E-state index in [1.165, 1.54) is 6.92 Å². The number of aryl methyl sites for hydroxylation is 1. The second-order valence-electron chi connectivity index (χ2n) is 5.17. The van der Waals surface area contributed by atoms with Crippen LogP contribution in [0, 0.1) is 18.3 Å². The van der Waals surface area contributed by atoms with Crippen LogP contribution in [-0.2, 0) is 11.0 Å². The number of thioether (sulfide) groups is 2. The highest BCUT2D eigenvalue weighted by atomic mass is 32.2. The van der Waals surface area contributed by atoms with Crippen molar-refractivity contribution in [2.24, 2.45) is 0 Å². The molecule has 0 aliphatic carbocycles. The van der Waals surface area contributed by atoms with Crippen LogP contribution in [0.15, 0.2) is 40.3 Å². The van der Waals surface area contributed by atoms with E-state index in [4.69, 9.17) is 5.26 Å². The number of amides is 1. The lowest BCUT2D eigenvalue weighted by Crippen LogP contribution is -2.15. The predicted molar refractivity (Wildman–Crippen MR) is 96.3 cm³/mol. The third kappa shape index (κ3) is 5.16. The van der Waals surface area contributed by atoms with Gasteiger partial charge in [-0.2, -0.15) is 18.4 Å². The average Bonchev–Trinajstić information content (AvgIpc) is 2.59. The average molecular weight is 397 g/mol. The van der Waals surface area contributed by atoms with Crippen LogP contribution in [0.25, 0.3) is 0 Å². The van der Waals surface area contributed by atoms with Gasteiger partial charge in [0.2, 0.25) is 5.91 Å². The molecule has 0 spiro atoms. The minimum atomic E-state index is -4.66. The smallest absolute Gasteiger partial charge is 0.325 e. The molecule has 1 N–H and O–H groups in total. The van der Waals surface area contributed by atoms with Gasteiger partial charge in [0.25, 0.3) is 0 Å². The summed E-state index contributed by atoms with van der Waals surface area (Å²) in [5.41, 5.74) is -0.887. The first-order chi connectivity index (χ1) is 12.2. The first-order valence-corrected chi connectivity index (χ1v) is 9.51. The summed E-state index contributed by atoms with van der Waals surface area (Å²) in [5.74, 6) is -0.556. The zero-order valence-electron chi connectivity index (χ0n) is 13.8. The summed E-state index contributed by atoms with van der Waals surface area (Å²) in [4.78, 5) is 17.1. The van der Waals surface area contributed by atoms with Gasteiger partial charge in [-0.15, -0.1) is 11.8 Å². The molecule has 0 aliphatic heterocycles. The van der Waals surface area contributed by atoms with E-state index in [1.807, 2.05) is 18.4 Å². The second kappa shape index (κ2) is 8.47. The molecule has 1 heterocycles. The topological polar surface area (TPSA) is 65.8 Å². The molecule has 0 atom stereocenters. The van der Waals surface area contributed by atoms with Crippen LogP contribution >= 0.6 is 23.5 Å². The lowest BCUT2D eigenvalue weighted by atomic mass is 10.1. The van der Waals surface area contributed by atoms with Gasteiger partial charge in [0.15, 0.2) is 0 Å². The number of rotatable bonds is 5. The Morgan fingerprint density at radius 2 is 1.96 bits per heavy atom. The van der Waals surface area contributed by atoms with E-state index in [-0.39, 0.29) is 16.5 Å². The van der Waals surface area contributed by atoms with E-state index in [9.17, 15) is 18.0 Å². The number of benzene rings is 1. The van der Waals surface area contributed by atoms with Crippen LogP contribution in [0.2, 0.25) is 0 Å². The van der Waals surface area contributed by atoms with Crippen molar-refractivity contribution in [1.29, 1.82) is 5.26 Å². The Balaban J connectivity index is 2.12. The number of carbonyl (C=O) groups excluding carboxylic acids is 1. The summed E-state index contributed by atoms with van der Waals surface area (Å²) >= 11 is 2.37. The molecule has 2 rings (SSSR count). The molecule has 0 radical (unpaired) electrons. The zero-order chi connectivity index (χ0) is 19.3. The van der Waals surface area contributed by atoms with Crippen LogP contribution in [0.5, 0.6) is 0 Å². The molecule has 1 aromatic heterocycles. The summed E-state index contributed by atoms with van der Waals surface area (Å²) < 4.78 is 39.2. The molecular weight excluding hydrogens is 383 g/mol. The van der Waals surface area contributed by atoms with Gasteiger partial charge in [-0.3, -0.25) is 4.79 Å². The molecule has 0 saturated heterocycles. The number of nitrogens with one attached hydrogen (secondary N) is 1. The Bertz CT molecular complexity index is 846. The minimum absolute atomic E-state index is 0.104. The molecule has 0 aliphatic rings. The Labute approximate surface area is 157 Å². The van der Waals surface area contributed by atoms with Gasteiger partial charge < -0.3 is 5.32 Å². The van der Waals surface area contributed by atoms with Crippen molar-refractivity contribution in [1.82, 2.24) is 4.98 Å². The molecular formula is C17H14F3N3OS2. The minimum Gasteiger partial charge on any atom is -0.325 e. The maximum absolute atomic E-state index is 13.1. The first-order valence-electron chi connectivity index (χ1n) is 7.30. The summed E-state index contributed by atoms with van der Waals surface area (Å²) in [7, 11) is 0. The Morgan fingerprint density at radius 1 is 1.31 bits per heavy atom. The van der Waals surface area contributed by atoms with Crippen molar-refractivity contribution in [2.75, 3.05) is 17.3 Å². The number of aromatic nitrogens is 1. The quantitative estimate of drug-likeness (QED) is 0.739. The number of alkyl halides is 3. The largest absolute Gasteiger partial charge is 0.417 e. The number of nitrogens with zero attached hydrogens (tertiary/aromatic N) is 2. The van der Waals surface area contributed by atoms with Gasteiger partial charge in [0.05, 0.1) is 16.9 Å². The number of pyridine rings is 1. The highest BCUT2D eigenvalue weighted by Crippen LogP contribution is 2.35.